The maximum atomic E-state index is 12.3. The predicted molar refractivity (Wildman–Crippen MR) is 229 cm³/mol. The lowest BCUT2D eigenvalue weighted by Crippen LogP contribution is -2.04. The van der Waals surface area contributed by atoms with Crippen LogP contribution in [0.4, 0.5) is 61.1 Å². The lowest BCUT2D eigenvalue weighted by molar-refractivity contribution is -0.384. The molecule has 0 aliphatic heterocycles. The Morgan fingerprint density at radius 2 is 0.968 bits per heavy atom. The van der Waals surface area contributed by atoms with Crippen LogP contribution < -0.4 is 28.7 Å². The highest BCUT2D eigenvalue weighted by Crippen LogP contribution is 2.33. The highest BCUT2D eigenvalue weighted by molar-refractivity contribution is 6.36. The second-order valence-corrected chi connectivity index (χ2v) is 13.7. The van der Waals surface area contributed by atoms with Gasteiger partial charge in [-0.05, 0) is 73.7 Å². The first-order valence-electron chi connectivity index (χ1n) is 17.8. The number of aromatic nitrogens is 10. The van der Waals surface area contributed by atoms with Crippen molar-refractivity contribution in [1.29, 1.82) is 0 Å². The summed E-state index contributed by atoms with van der Waals surface area (Å²) in [5.41, 5.74) is 30.5. The van der Waals surface area contributed by atoms with E-state index in [4.69, 9.17) is 40.3 Å². The molecule has 10 rings (SSSR count). The second kappa shape index (κ2) is 17.7. The molecule has 0 aliphatic carbocycles. The minimum atomic E-state index is -4.35. The van der Waals surface area contributed by atoms with E-state index < -0.39 is 28.4 Å². The molecule has 63 heavy (non-hydrogen) atoms. The summed E-state index contributed by atoms with van der Waals surface area (Å²) in [6.45, 7) is 2.03. The van der Waals surface area contributed by atoms with E-state index in [9.17, 15) is 36.5 Å². The summed E-state index contributed by atoms with van der Waals surface area (Å²) in [5.74, 6) is 1.58. The monoisotopic (exact) mass is 894 g/mol. The molecular formula is C38H33ClF6N16O2. The Bertz CT molecular complexity index is 3210. The van der Waals surface area contributed by atoms with E-state index in [0.717, 1.165) is 46.1 Å². The number of nitrogens with zero attached hydrogens (tertiary/aromatic N) is 6. The quantitative estimate of drug-likeness (QED) is 0.0420. The Morgan fingerprint density at radius 1 is 0.524 bits per heavy atom. The van der Waals surface area contributed by atoms with E-state index in [1.54, 1.807) is 12.1 Å². The predicted octanol–water partition coefficient (Wildman–Crippen LogP) is 8.63. The van der Waals surface area contributed by atoms with Gasteiger partial charge in [0.2, 0.25) is 0 Å². The van der Waals surface area contributed by atoms with Gasteiger partial charge in [0.1, 0.15) is 0 Å². The van der Waals surface area contributed by atoms with Gasteiger partial charge < -0.3 is 28.7 Å². The zero-order valence-electron chi connectivity index (χ0n) is 32.2. The van der Waals surface area contributed by atoms with Crippen LogP contribution in [0.5, 0.6) is 0 Å². The number of rotatable bonds is 1. The second-order valence-electron chi connectivity index (χ2n) is 13.3. The van der Waals surface area contributed by atoms with Crippen LogP contribution in [0.15, 0.2) is 91.0 Å². The number of H-pyrrole nitrogens is 5. The molecule has 0 bridgehead atoms. The average molecular weight is 895 g/mol. The highest BCUT2D eigenvalue weighted by atomic mass is 35.5. The fourth-order valence-corrected chi connectivity index (χ4v) is 6.04. The maximum absolute atomic E-state index is 12.3. The first-order valence-corrected chi connectivity index (χ1v) is 18.2. The number of aromatic amines is 5. The van der Waals surface area contributed by atoms with Gasteiger partial charge in [-0.3, -0.25) is 35.6 Å². The van der Waals surface area contributed by atoms with Gasteiger partial charge in [-0.2, -0.15) is 51.8 Å². The van der Waals surface area contributed by atoms with Crippen molar-refractivity contribution in [3.63, 3.8) is 0 Å². The van der Waals surface area contributed by atoms with Crippen LogP contribution in [0.3, 0.4) is 0 Å². The summed E-state index contributed by atoms with van der Waals surface area (Å²) in [5, 5.41) is 46.1. The van der Waals surface area contributed by atoms with Gasteiger partial charge in [0.15, 0.2) is 29.1 Å². The van der Waals surface area contributed by atoms with Gasteiger partial charge in [-0.1, -0.05) is 29.3 Å². The molecule has 0 fully saturated rings. The summed E-state index contributed by atoms with van der Waals surface area (Å²) in [4.78, 5) is 9.95. The van der Waals surface area contributed by atoms with Crippen LogP contribution >= 0.6 is 11.6 Å². The molecule has 18 nitrogen and oxygen atoms in total. The number of nitrogens with two attached hydrogens (primary N) is 5. The summed E-state index contributed by atoms with van der Waals surface area (Å²) in [6, 6.07) is 22.5. The standard InChI is InChI=1S/2C8H6F3N3.C8H9N3.C7H6ClN3.C7H6N4O2/c9-8(10,11)4-1-2-6-5(3-4)7(12)14-13-6;9-8(10,11)4-1-2-5-6(3-4)13-14-7(5)12;1-5-2-3-7-6(4-5)8(9)11-10-7;8-4-2-1-3-5-6(4)7(9)11-10-5;8-7-5-3-4(11(12)13)1-2-6(5)9-10-7/h2*1-3H,(H3,12,13,14);2-4H,1H3,(H3,9,10,11);1-3H,(H3,9,10,11);1-3H,(H3,8,9,10). The van der Waals surface area contributed by atoms with Crippen molar-refractivity contribution in [2.45, 2.75) is 19.3 Å². The van der Waals surface area contributed by atoms with Gasteiger partial charge in [-0.25, -0.2) is 0 Å². The van der Waals surface area contributed by atoms with Crippen molar-refractivity contribution in [1.82, 2.24) is 51.0 Å². The fourth-order valence-electron chi connectivity index (χ4n) is 5.77. The van der Waals surface area contributed by atoms with Gasteiger partial charge in [0.05, 0.1) is 59.4 Å². The summed E-state index contributed by atoms with van der Waals surface area (Å²) < 4.78 is 73.6. The van der Waals surface area contributed by atoms with E-state index in [2.05, 4.69) is 51.0 Å². The van der Waals surface area contributed by atoms with Crippen molar-refractivity contribution >= 4 is 101 Å². The number of nitro groups is 1. The van der Waals surface area contributed by atoms with E-state index in [1.807, 2.05) is 37.3 Å². The fraction of sp³-hybridized carbons (Fsp3) is 0.0789. The van der Waals surface area contributed by atoms with Gasteiger partial charge in [0, 0.05) is 28.3 Å². The first-order chi connectivity index (χ1) is 29.7. The minimum absolute atomic E-state index is 0.0144. The number of halogens is 7. The smallest absolute Gasteiger partial charge is 0.382 e. The van der Waals surface area contributed by atoms with Crippen molar-refractivity contribution in [2.24, 2.45) is 0 Å². The summed E-state index contributed by atoms with van der Waals surface area (Å²) >= 11 is 5.86. The SMILES string of the molecule is Cc1ccc2[nH]nc(N)c2c1.Nc1n[nH]c2cc(C(F)(F)F)ccc12.Nc1n[nH]c2ccc(C(F)(F)F)cc12.Nc1n[nH]c2ccc([N+](=O)[O-])cc12.Nc1n[nH]c2cccc(Cl)c12. The Hall–Kier alpha value is -8.28. The van der Waals surface area contributed by atoms with Crippen LogP contribution in [0, 0.1) is 17.0 Å². The Balaban J connectivity index is 0.000000132. The number of hydrogen-bond acceptors (Lipinski definition) is 12. The molecule has 0 aliphatic rings. The zero-order chi connectivity index (χ0) is 45.8. The highest BCUT2D eigenvalue weighted by Gasteiger charge is 2.31. The molecule has 0 atom stereocenters. The van der Waals surface area contributed by atoms with Crippen LogP contribution in [0.2, 0.25) is 5.02 Å². The van der Waals surface area contributed by atoms with E-state index in [0.29, 0.717) is 43.9 Å². The number of nitro benzene ring substituents is 1. The zero-order valence-corrected chi connectivity index (χ0v) is 32.9. The number of alkyl halides is 6. The molecular weight excluding hydrogens is 862 g/mol. The molecule has 0 saturated heterocycles. The lowest BCUT2D eigenvalue weighted by atomic mass is 10.1. The molecule has 0 radical (unpaired) electrons. The topological polar surface area (TPSA) is 317 Å². The van der Waals surface area contributed by atoms with Crippen molar-refractivity contribution in [3.8, 4) is 0 Å². The van der Waals surface area contributed by atoms with E-state index >= 15 is 0 Å². The molecule has 25 heteroatoms. The van der Waals surface area contributed by atoms with Gasteiger partial charge in [-0.15, -0.1) is 0 Å². The first kappa shape index (κ1) is 44.3. The Morgan fingerprint density at radius 3 is 1.52 bits per heavy atom. The molecule has 0 spiro atoms. The number of non-ortho nitro benzene ring substituents is 1. The molecule has 5 aromatic carbocycles. The third-order valence-electron chi connectivity index (χ3n) is 8.94. The number of fused-ring (bicyclic) bond motifs is 5. The molecule has 15 N–H and O–H groups in total. The number of hydrogen-bond donors (Lipinski definition) is 10. The number of nitrogens with one attached hydrogen (secondary N) is 5. The number of anilines is 5. The molecule has 326 valence electrons. The van der Waals surface area contributed by atoms with Crippen LogP contribution in [-0.4, -0.2) is 55.9 Å². The Kier molecular flexibility index (Phi) is 12.5. The molecule has 0 saturated carbocycles. The van der Waals surface area contributed by atoms with E-state index in [1.165, 1.54) is 29.8 Å². The van der Waals surface area contributed by atoms with Gasteiger partial charge in [0.25, 0.3) is 5.69 Å². The molecule has 0 unspecified atom stereocenters. The van der Waals surface area contributed by atoms with E-state index in [-0.39, 0.29) is 28.7 Å². The third kappa shape index (κ3) is 10.2. The van der Waals surface area contributed by atoms with Gasteiger partial charge >= 0.3 is 12.4 Å². The molecule has 5 heterocycles. The van der Waals surface area contributed by atoms with Crippen LogP contribution in [0.1, 0.15) is 16.7 Å². The maximum Gasteiger partial charge on any atom is 0.416 e. The molecule has 0 amide bonds. The minimum Gasteiger partial charge on any atom is -0.382 e. The third-order valence-corrected chi connectivity index (χ3v) is 9.26. The van der Waals surface area contributed by atoms with Crippen LogP contribution in [0.25, 0.3) is 54.5 Å². The summed E-state index contributed by atoms with van der Waals surface area (Å²) in [6.07, 6.45) is -8.69. The van der Waals surface area contributed by atoms with Crippen molar-refractivity contribution in [2.75, 3.05) is 28.7 Å². The van der Waals surface area contributed by atoms with Crippen LogP contribution in [-0.2, 0) is 12.4 Å². The number of nitrogen functional groups attached to an aromatic ring is 5. The Labute approximate surface area is 353 Å². The molecule has 5 aromatic heterocycles. The van der Waals surface area contributed by atoms with Crippen molar-refractivity contribution in [3.05, 3.63) is 123 Å². The molecule has 10 aromatic rings. The number of benzene rings is 5. The number of aryl methyl sites for hydroxylation is 1. The van der Waals surface area contributed by atoms with Crippen molar-refractivity contribution < 1.29 is 31.3 Å². The summed E-state index contributed by atoms with van der Waals surface area (Å²) in [7, 11) is 0. The normalized spacial score (nSPS) is 11.3. The average Bonchev–Trinajstić information content (AvgIpc) is 4.08. The largest absolute Gasteiger partial charge is 0.416 e. The lowest BCUT2D eigenvalue weighted by Gasteiger charge is -2.05.